The highest BCUT2D eigenvalue weighted by atomic mass is 15.3. The van der Waals surface area contributed by atoms with Gasteiger partial charge in [-0.05, 0) is 24.8 Å². The maximum Gasteiger partial charge on any atom is 0.154 e. The van der Waals surface area contributed by atoms with Gasteiger partial charge in [-0.25, -0.2) is 4.98 Å². The first-order chi connectivity index (χ1) is 11.9. The minimum Gasteiger partial charge on any atom is -0.337 e. The lowest BCUT2D eigenvalue weighted by molar-refractivity contribution is 0.270. The summed E-state index contributed by atoms with van der Waals surface area (Å²) < 4.78 is 2.07. The molecule has 0 radical (unpaired) electrons. The normalized spacial score (nSPS) is 16.8. The van der Waals surface area contributed by atoms with Crippen LogP contribution in [-0.2, 0) is 13.1 Å². The van der Waals surface area contributed by atoms with E-state index in [2.05, 4.69) is 41.1 Å². The molecule has 0 aromatic carbocycles. The number of amidine groups is 1. The van der Waals surface area contributed by atoms with Gasteiger partial charge in [-0.15, -0.1) is 0 Å². The third-order valence-corrected chi connectivity index (χ3v) is 4.80. The fourth-order valence-corrected chi connectivity index (χ4v) is 3.23. The van der Waals surface area contributed by atoms with Gasteiger partial charge in [-0.3, -0.25) is 19.6 Å². The van der Waals surface area contributed by atoms with Gasteiger partial charge in [-0.1, -0.05) is 6.42 Å². The van der Waals surface area contributed by atoms with Crippen molar-refractivity contribution >= 4 is 22.6 Å². The highest BCUT2D eigenvalue weighted by Gasteiger charge is 2.20. The lowest BCUT2D eigenvalue weighted by atomic mass is 9.85. The minimum atomic E-state index is 0.570. The monoisotopic (exact) mass is 319 g/mol. The van der Waals surface area contributed by atoms with E-state index in [4.69, 9.17) is 0 Å². The summed E-state index contributed by atoms with van der Waals surface area (Å²) in [4.78, 5) is 17.7. The summed E-state index contributed by atoms with van der Waals surface area (Å²) in [5.74, 6) is 1.51. The molecule has 4 heterocycles. The molecule has 3 aromatic heterocycles. The van der Waals surface area contributed by atoms with Gasteiger partial charge < -0.3 is 5.32 Å². The number of aromatic nitrogens is 5. The van der Waals surface area contributed by atoms with Crippen LogP contribution in [0.25, 0.3) is 11.0 Å². The van der Waals surface area contributed by atoms with Gasteiger partial charge in [0.2, 0.25) is 0 Å². The molecule has 7 nitrogen and oxygen atoms in total. The number of aliphatic imine (C=N–C) groups is 1. The van der Waals surface area contributed by atoms with E-state index in [1.807, 2.05) is 12.4 Å². The fraction of sp³-hybridized carbons (Fsp3) is 0.353. The molecular formula is C17H17N7. The van der Waals surface area contributed by atoms with Gasteiger partial charge in [0.05, 0.1) is 35.8 Å². The molecule has 1 N–H and O–H groups in total. The summed E-state index contributed by atoms with van der Waals surface area (Å²) in [6, 6.07) is 2.09. The molecule has 7 heteroatoms. The van der Waals surface area contributed by atoms with Crippen molar-refractivity contribution in [2.24, 2.45) is 10.9 Å². The van der Waals surface area contributed by atoms with E-state index in [-0.39, 0.29) is 0 Å². The van der Waals surface area contributed by atoms with Crippen LogP contribution in [0.3, 0.4) is 0 Å². The molecule has 0 unspecified atom stereocenters. The molecule has 24 heavy (non-hydrogen) atoms. The van der Waals surface area contributed by atoms with Crippen LogP contribution in [0.1, 0.15) is 30.7 Å². The molecule has 120 valence electrons. The second-order valence-electron chi connectivity index (χ2n) is 6.39. The van der Waals surface area contributed by atoms with Gasteiger partial charge in [0.15, 0.2) is 5.84 Å². The Bertz CT molecular complexity index is 939. The zero-order valence-corrected chi connectivity index (χ0v) is 13.2. The van der Waals surface area contributed by atoms with Crippen molar-refractivity contribution in [2.75, 3.05) is 5.32 Å². The first kappa shape index (κ1) is 13.6. The van der Waals surface area contributed by atoms with E-state index in [0.717, 1.165) is 46.4 Å². The third-order valence-electron chi connectivity index (χ3n) is 4.80. The van der Waals surface area contributed by atoms with Crippen LogP contribution < -0.4 is 5.32 Å². The van der Waals surface area contributed by atoms with Crippen LogP contribution in [0.4, 0.5) is 5.69 Å². The molecule has 0 atom stereocenters. The summed E-state index contributed by atoms with van der Waals surface area (Å²) >= 11 is 0. The second kappa shape index (κ2) is 5.36. The molecular weight excluding hydrogens is 302 g/mol. The Hall–Kier alpha value is -2.83. The zero-order chi connectivity index (χ0) is 15.9. The maximum absolute atomic E-state index is 4.51. The van der Waals surface area contributed by atoms with Gasteiger partial charge >= 0.3 is 0 Å². The number of fused-ring (bicyclic) bond motifs is 2. The Labute approximate surface area is 138 Å². The summed E-state index contributed by atoms with van der Waals surface area (Å²) in [5, 5.41) is 7.83. The lowest BCUT2D eigenvalue weighted by Crippen LogP contribution is -2.18. The average Bonchev–Trinajstić information content (AvgIpc) is 3.16. The smallest absolute Gasteiger partial charge is 0.154 e. The maximum atomic E-state index is 4.51. The molecule has 0 amide bonds. The van der Waals surface area contributed by atoms with Gasteiger partial charge in [0.25, 0.3) is 0 Å². The second-order valence-corrected chi connectivity index (χ2v) is 6.39. The number of hydrogen-bond acceptors (Lipinski definition) is 6. The van der Waals surface area contributed by atoms with Gasteiger partial charge in [-0.2, -0.15) is 5.10 Å². The summed E-state index contributed by atoms with van der Waals surface area (Å²) in [6.45, 7) is 1.55. The van der Waals surface area contributed by atoms with Crippen molar-refractivity contribution < 1.29 is 0 Å². The number of pyridine rings is 1. The molecule has 1 fully saturated rings. The van der Waals surface area contributed by atoms with Crippen LogP contribution in [0, 0.1) is 5.92 Å². The highest BCUT2D eigenvalue weighted by Crippen LogP contribution is 2.29. The Kier molecular flexibility index (Phi) is 3.04. The van der Waals surface area contributed by atoms with E-state index >= 15 is 0 Å². The first-order valence-corrected chi connectivity index (χ1v) is 8.30. The van der Waals surface area contributed by atoms with Crippen molar-refractivity contribution in [1.82, 2.24) is 24.7 Å². The molecule has 5 rings (SSSR count). The van der Waals surface area contributed by atoms with Crippen molar-refractivity contribution in [3.05, 3.63) is 42.2 Å². The van der Waals surface area contributed by atoms with Crippen LogP contribution in [0.15, 0.2) is 35.8 Å². The van der Waals surface area contributed by atoms with E-state index in [1.54, 1.807) is 12.4 Å². The SMILES string of the molecule is c1cnc2c(n1)CN=C2Nc1cnc2cnn(CC3CCC3)c2c1. The standard InChI is InChI=1S/C17H17N7/c1-2-11(3-1)10-24-15-6-12(7-20-13(15)9-22-24)23-17-16-14(8-21-17)18-4-5-19-16/h4-7,9,11H,1-3,8,10H2,(H,21,23). The molecule has 0 saturated heterocycles. The van der Waals surface area contributed by atoms with Crippen LogP contribution in [-0.4, -0.2) is 30.6 Å². The number of nitrogens with one attached hydrogen (secondary N) is 1. The molecule has 1 aliphatic heterocycles. The van der Waals surface area contributed by atoms with E-state index in [0.29, 0.717) is 6.54 Å². The van der Waals surface area contributed by atoms with E-state index < -0.39 is 0 Å². The van der Waals surface area contributed by atoms with Gasteiger partial charge in [0, 0.05) is 18.9 Å². The molecule has 1 saturated carbocycles. The number of nitrogens with zero attached hydrogens (tertiary/aromatic N) is 6. The number of rotatable bonds is 3. The van der Waals surface area contributed by atoms with E-state index in [9.17, 15) is 0 Å². The van der Waals surface area contributed by atoms with Crippen molar-refractivity contribution in [3.63, 3.8) is 0 Å². The molecule has 0 bridgehead atoms. The van der Waals surface area contributed by atoms with Crippen molar-refractivity contribution in [1.29, 1.82) is 0 Å². The third kappa shape index (κ3) is 2.24. The number of anilines is 1. The predicted molar refractivity (Wildman–Crippen MR) is 90.8 cm³/mol. The zero-order valence-electron chi connectivity index (χ0n) is 13.2. The quantitative estimate of drug-likeness (QED) is 0.801. The predicted octanol–water partition coefficient (Wildman–Crippen LogP) is 2.39. The Morgan fingerprint density at radius 2 is 2.04 bits per heavy atom. The highest BCUT2D eigenvalue weighted by molar-refractivity contribution is 6.09. The lowest BCUT2D eigenvalue weighted by Gasteiger charge is -2.25. The van der Waals surface area contributed by atoms with E-state index in [1.165, 1.54) is 19.3 Å². The minimum absolute atomic E-state index is 0.570. The fourth-order valence-electron chi connectivity index (χ4n) is 3.23. The van der Waals surface area contributed by atoms with Crippen molar-refractivity contribution in [2.45, 2.75) is 32.4 Å². The molecule has 1 aliphatic carbocycles. The number of hydrogen-bond donors (Lipinski definition) is 1. The van der Waals surface area contributed by atoms with Crippen molar-refractivity contribution in [3.8, 4) is 0 Å². The largest absolute Gasteiger partial charge is 0.337 e. The first-order valence-electron chi connectivity index (χ1n) is 8.30. The molecule has 0 spiro atoms. The van der Waals surface area contributed by atoms with Crippen LogP contribution in [0.2, 0.25) is 0 Å². The van der Waals surface area contributed by atoms with Crippen LogP contribution >= 0.6 is 0 Å². The Morgan fingerprint density at radius 3 is 2.92 bits per heavy atom. The summed E-state index contributed by atoms with van der Waals surface area (Å²) in [7, 11) is 0. The molecule has 3 aromatic rings. The van der Waals surface area contributed by atoms with Gasteiger partial charge in [0.1, 0.15) is 11.2 Å². The molecule has 2 aliphatic rings. The van der Waals surface area contributed by atoms with Crippen LogP contribution in [0.5, 0.6) is 0 Å². The Balaban J connectivity index is 1.44. The summed E-state index contributed by atoms with van der Waals surface area (Å²) in [6.07, 6.45) is 11.0. The average molecular weight is 319 g/mol. The topological polar surface area (TPSA) is 80.9 Å². The summed E-state index contributed by atoms with van der Waals surface area (Å²) in [5.41, 5.74) is 4.61. The Morgan fingerprint density at radius 1 is 1.12 bits per heavy atom.